The van der Waals surface area contributed by atoms with Gasteiger partial charge in [0.05, 0.1) is 28.3 Å². The molecule has 22 heavy (non-hydrogen) atoms. The van der Waals surface area contributed by atoms with Crippen LogP contribution in [0.4, 0.5) is 0 Å². The fraction of sp³-hybridized carbons (Fsp3) is 1.00. The Morgan fingerprint density at radius 1 is 1.00 bits per heavy atom. The van der Waals surface area contributed by atoms with Gasteiger partial charge in [-0.25, -0.2) is 16.8 Å². The van der Waals surface area contributed by atoms with Gasteiger partial charge in [-0.15, -0.1) is 0 Å². The molecule has 13 heteroatoms. The van der Waals surface area contributed by atoms with Crippen LogP contribution in [-0.2, 0) is 40.9 Å². The van der Waals surface area contributed by atoms with E-state index in [-0.39, 0.29) is 24.3 Å². The van der Waals surface area contributed by atoms with E-state index < -0.39 is 63.4 Å². The van der Waals surface area contributed by atoms with Gasteiger partial charge < -0.3 is 4.55 Å². The van der Waals surface area contributed by atoms with Crippen LogP contribution in [0.1, 0.15) is 19.8 Å². The molecule has 0 bridgehead atoms. The van der Waals surface area contributed by atoms with Crippen molar-refractivity contribution < 1.29 is 38.6 Å². The first-order valence-electron chi connectivity index (χ1n) is 6.18. The summed E-state index contributed by atoms with van der Waals surface area (Å²) in [4.78, 5) is 0. The minimum absolute atomic E-state index is 0.0890. The van der Waals surface area contributed by atoms with Gasteiger partial charge in [-0.05, 0) is 19.8 Å². The van der Waals surface area contributed by atoms with E-state index in [9.17, 15) is 34.0 Å². The molecule has 0 radical (unpaired) electrons. The molecule has 0 aromatic rings. The highest BCUT2D eigenvalue weighted by Crippen LogP contribution is 2.09. The second-order valence-corrected chi connectivity index (χ2v) is 12.1. The van der Waals surface area contributed by atoms with Gasteiger partial charge in [0.1, 0.15) is 0 Å². The second-order valence-electron chi connectivity index (χ2n) is 4.79. The highest BCUT2D eigenvalue weighted by molar-refractivity contribution is 7.96. The zero-order valence-electron chi connectivity index (χ0n) is 11.9. The molecule has 134 valence electrons. The number of hydrogen-bond donors (Lipinski definition) is 1. The maximum atomic E-state index is 11.9. The molecule has 0 fully saturated rings. The molecule has 0 aromatic carbocycles. The van der Waals surface area contributed by atoms with Crippen molar-refractivity contribution >= 4 is 40.9 Å². The average molecular weight is 400 g/mol. The molecule has 1 N–H and O–H groups in total. The van der Waals surface area contributed by atoms with Crippen molar-refractivity contribution in [1.29, 1.82) is 0 Å². The number of sulfone groups is 2. The van der Waals surface area contributed by atoms with E-state index in [0.717, 1.165) is 0 Å². The maximum absolute atomic E-state index is 11.9. The largest absolute Gasteiger partial charge is 0.772 e. The Morgan fingerprint density at radius 2 is 1.55 bits per heavy atom. The lowest BCUT2D eigenvalue weighted by molar-refractivity contribution is 0.484. The van der Waals surface area contributed by atoms with Crippen LogP contribution in [0.15, 0.2) is 0 Å². The molecule has 0 aliphatic carbocycles. The Morgan fingerprint density at radius 3 is 2.00 bits per heavy atom. The quantitative estimate of drug-likeness (QED) is 0.254. The third-order valence-corrected chi connectivity index (χ3v) is 8.64. The molecule has 9 nitrogen and oxygen atoms in total. The topological polar surface area (TPSA) is 163 Å². The Hall–Kier alpha value is -0.0800. The van der Waals surface area contributed by atoms with Crippen LogP contribution in [0.5, 0.6) is 0 Å². The summed E-state index contributed by atoms with van der Waals surface area (Å²) in [5.41, 5.74) is 0. The highest BCUT2D eigenvalue weighted by atomic mass is 32.2. The molecule has 0 heterocycles. The molecule has 2 unspecified atom stereocenters. The van der Waals surface area contributed by atoms with Crippen molar-refractivity contribution in [3.8, 4) is 0 Å². The van der Waals surface area contributed by atoms with Crippen molar-refractivity contribution in [2.45, 2.75) is 25.0 Å². The predicted octanol–water partition coefficient (Wildman–Crippen LogP) is -1.25. The Kier molecular flexibility index (Phi) is 8.65. The summed E-state index contributed by atoms with van der Waals surface area (Å²) in [5, 5.41) is -1.24. The van der Waals surface area contributed by atoms with Crippen molar-refractivity contribution in [3.05, 3.63) is 0 Å². The first-order valence-corrected chi connectivity index (χ1v) is 12.6. The first kappa shape index (κ1) is 21.9. The summed E-state index contributed by atoms with van der Waals surface area (Å²) < 4.78 is 97.1. The van der Waals surface area contributed by atoms with E-state index in [1.54, 1.807) is 0 Å². The van der Waals surface area contributed by atoms with Crippen LogP contribution in [0.25, 0.3) is 0 Å². The van der Waals surface area contributed by atoms with Crippen molar-refractivity contribution in [1.82, 2.24) is 0 Å². The van der Waals surface area contributed by atoms with Crippen LogP contribution < -0.4 is 0 Å². The zero-order valence-corrected chi connectivity index (χ0v) is 15.1. The minimum atomic E-state index is -4.44. The minimum Gasteiger partial charge on any atom is -0.772 e. The Bertz CT molecular complexity index is 675. The molecule has 0 aliphatic rings. The normalized spacial score (nSPS) is 16.3. The van der Waals surface area contributed by atoms with E-state index >= 15 is 0 Å². The summed E-state index contributed by atoms with van der Waals surface area (Å²) in [7, 11) is -12.1. The highest BCUT2D eigenvalue weighted by Gasteiger charge is 2.27. The van der Waals surface area contributed by atoms with Crippen molar-refractivity contribution in [3.63, 3.8) is 0 Å². The van der Waals surface area contributed by atoms with Crippen LogP contribution >= 0.6 is 0 Å². The molecular formula is C9H19O9S4-. The molecule has 2 atom stereocenters. The van der Waals surface area contributed by atoms with E-state index in [4.69, 9.17) is 4.55 Å². The summed E-state index contributed by atoms with van der Waals surface area (Å²) in [6.07, 6.45) is 0.239. The average Bonchev–Trinajstić information content (AvgIpc) is 2.31. The van der Waals surface area contributed by atoms with E-state index in [1.807, 2.05) is 0 Å². The van der Waals surface area contributed by atoms with E-state index in [1.165, 1.54) is 6.92 Å². The molecule has 0 amide bonds. The second kappa shape index (κ2) is 8.68. The Balaban J connectivity index is 4.55. The predicted molar refractivity (Wildman–Crippen MR) is 81.3 cm³/mol. The first-order chi connectivity index (χ1) is 9.75. The third-order valence-electron chi connectivity index (χ3n) is 2.74. The van der Waals surface area contributed by atoms with Gasteiger partial charge in [0.15, 0.2) is 19.7 Å². The number of unbranched alkanes of at least 4 members (excludes halogenated alkanes) is 1. The number of hydrogen-bond acceptors (Lipinski definition) is 8. The standard InChI is InChI=1S/C9H20O9S4/c1-9(8-20(12,13)6-7-22(16,17)18)21(14,15)5-3-2-4-19(10)11/h9H,2-8H2,1H3,(H,10,11)(H,16,17,18)/p-1. The molecular weight excluding hydrogens is 380 g/mol. The molecule has 0 rings (SSSR count). The van der Waals surface area contributed by atoms with Crippen LogP contribution in [0.2, 0.25) is 0 Å². The van der Waals surface area contributed by atoms with Crippen molar-refractivity contribution in [2.75, 3.05) is 28.8 Å². The smallest absolute Gasteiger partial charge is 0.265 e. The van der Waals surface area contributed by atoms with Gasteiger partial charge in [0, 0.05) is 5.75 Å². The van der Waals surface area contributed by atoms with Crippen LogP contribution in [0.3, 0.4) is 0 Å². The molecule has 0 saturated heterocycles. The summed E-state index contributed by atoms with van der Waals surface area (Å²) in [6, 6.07) is 0. The fourth-order valence-electron chi connectivity index (χ4n) is 1.50. The van der Waals surface area contributed by atoms with Gasteiger partial charge in [-0.1, -0.05) is 11.1 Å². The zero-order chi connectivity index (χ0) is 17.6. The van der Waals surface area contributed by atoms with Gasteiger partial charge in [0.2, 0.25) is 0 Å². The maximum Gasteiger partial charge on any atom is 0.265 e. The monoisotopic (exact) mass is 399 g/mol. The SMILES string of the molecule is CC(CS(=O)(=O)CCS(=O)(=O)O)S(=O)(=O)CCCCS(=O)[O-]. The van der Waals surface area contributed by atoms with Crippen LogP contribution in [-0.4, -0.2) is 72.6 Å². The number of rotatable bonds is 11. The van der Waals surface area contributed by atoms with Gasteiger partial charge in [0.25, 0.3) is 10.1 Å². The van der Waals surface area contributed by atoms with Crippen molar-refractivity contribution in [2.24, 2.45) is 0 Å². The lowest BCUT2D eigenvalue weighted by Gasteiger charge is -2.13. The summed E-state index contributed by atoms with van der Waals surface area (Å²) in [5.74, 6) is -3.12. The molecule has 0 aromatic heterocycles. The van der Waals surface area contributed by atoms with Gasteiger partial charge in [-0.3, -0.25) is 8.76 Å². The van der Waals surface area contributed by atoms with E-state index in [2.05, 4.69) is 0 Å². The van der Waals surface area contributed by atoms with Crippen LogP contribution in [0, 0.1) is 0 Å². The third kappa shape index (κ3) is 10.6. The molecule has 0 spiro atoms. The summed E-state index contributed by atoms with van der Waals surface area (Å²) >= 11 is -2.25. The van der Waals surface area contributed by atoms with Gasteiger partial charge in [-0.2, -0.15) is 8.42 Å². The molecule has 0 aliphatic heterocycles. The summed E-state index contributed by atoms with van der Waals surface area (Å²) in [6.45, 7) is 1.19. The molecule has 0 saturated carbocycles. The van der Waals surface area contributed by atoms with E-state index in [0.29, 0.717) is 0 Å². The fourth-order valence-corrected chi connectivity index (χ4v) is 7.14. The van der Waals surface area contributed by atoms with Gasteiger partial charge >= 0.3 is 0 Å². The lowest BCUT2D eigenvalue weighted by atomic mass is 10.4. The lowest BCUT2D eigenvalue weighted by Crippen LogP contribution is -2.31. The Labute approximate surface area is 133 Å².